The third-order valence-corrected chi connectivity index (χ3v) is 3.81. The monoisotopic (exact) mass is 306 g/mol. The van der Waals surface area contributed by atoms with E-state index in [1.807, 2.05) is 61.5 Å². The average molecular weight is 306 g/mol. The zero-order chi connectivity index (χ0) is 16.4. The van der Waals surface area contributed by atoms with E-state index in [1.165, 1.54) is 4.90 Å². The van der Waals surface area contributed by atoms with Gasteiger partial charge in [-0.25, -0.2) is 4.90 Å². The summed E-state index contributed by atoms with van der Waals surface area (Å²) >= 11 is 0. The van der Waals surface area contributed by atoms with E-state index in [4.69, 9.17) is 0 Å². The van der Waals surface area contributed by atoms with Gasteiger partial charge in [0.15, 0.2) is 0 Å². The normalized spacial score (nSPS) is 16.3. The van der Waals surface area contributed by atoms with Crippen molar-refractivity contribution in [1.29, 1.82) is 0 Å². The Labute approximate surface area is 135 Å². The second kappa shape index (κ2) is 6.08. The molecule has 0 saturated carbocycles. The Balaban J connectivity index is 1.92. The van der Waals surface area contributed by atoms with E-state index in [-0.39, 0.29) is 18.2 Å². The number of hydrogen-bond donors (Lipinski definition) is 0. The maximum atomic E-state index is 12.6. The number of nitrogens with zero attached hydrogens (tertiary/aromatic N) is 2. The van der Waals surface area contributed by atoms with Crippen LogP contribution in [0.1, 0.15) is 12.0 Å². The number of imide groups is 1. The number of benzene rings is 2. The Kier molecular flexibility index (Phi) is 3.98. The zero-order valence-corrected chi connectivity index (χ0v) is 13.2. The highest BCUT2D eigenvalue weighted by atomic mass is 16.2. The Morgan fingerprint density at radius 3 is 2.43 bits per heavy atom. The van der Waals surface area contributed by atoms with Crippen LogP contribution in [0.15, 0.2) is 60.2 Å². The predicted octanol–water partition coefficient (Wildman–Crippen LogP) is 3.10. The van der Waals surface area contributed by atoms with Gasteiger partial charge in [-0.15, -0.1) is 0 Å². The number of anilines is 2. The summed E-state index contributed by atoms with van der Waals surface area (Å²) < 4.78 is 0. The van der Waals surface area contributed by atoms with E-state index in [9.17, 15) is 9.59 Å². The molecule has 1 saturated heterocycles. The van der Waals surface area contributed by atoms with Crippen LogP contribution in [0.3, 0.4) is 0 Å². The fourth-order valence-corrected chi connectivity index (χ4v) is 2.62. The van der Waals surface area contributed by atoms with E-state index in [0.29, 0.717) is 11.3 Å². The summed E-state index contributed by atoms with van der Waals surface area (Å²) in [6.45, 7) is 0. The number of carbonyl (C=O) groups excluding carboxylic acids is 2. The molecular weight excluding hydrogens is 288 g/mol. The molecule has 0 radical (unpaired) electrons. The Morgan fingerprint density at radius 2 is 1.74 bits per heavy atom. The topological polar surface area (TPSA) is 40.6 Å². The fraction of sp³-hybridized carbons (Fsp3) is 0.158. The first-order valence-electron chi connectivity index (χ1n) is 7.46. The van der Waals surface area contributed by atoms with Crippen molar-refractivity contribution < 1.29 is 9.59 Å². The van der Waals surface area contributed by atoms with Crippen molar-refractivity contribution >= 4 is 29.3 Å². The van der Waals surface area contributed by atoms with Crippen molar-refractivity contribution in [2.24, 2.45) is 0 Å². The minimum absolute atomic E-state index is 0.139. The minimum atomic E-state index is -0.239. The van der Waals surface area contributed by atoms with Gasteiger partial charge in [-0.2, -0.15) is 0 Å². The molecule has 0 N–H and O–H groups in total. The second-order valence-corrected chi connectivity index (χ2v) is 5.71. The number of carbonyl (C=O) groups is 2. The number of amides is 2. The number of hydrogen-bond acceptors (Lipinski definition) is 3. The van der Waals surface area contributed by atoms with Crippen molar-refractivity contribution in [2.75, 3.05) is 23.9 Å². The summed E-state index contributed by atoms with van der Waals surface area (Å²) in [7, 11) is 3.93. The second-order valence-electron chi connectivity index (χ2n) is 5.71. The maximum absolute atomic E-state index is 12.6. The highest BCUT2D eigenvalue weighted by Gasteiger charge is 2.34. The van der Waals surface area contributed by atoms with Gasteiger partial charge in [0, 0.05) is 25.4 Å². The summed E-state index contributed by atoms with van der Waals surface area (Å²) in [6.07, 6.45) is 1.94. The van der Waals surface area contributed by atoms with E-state index in [1.54, 1.807) is 18.2 Å². The molecule has 1 heterocycles. The van der Waals surface area contributed by atoms with Gasteiger partial charge in [0.05, 0.1) is 12.1 Å². The Morgan fingerprint density at radius 1 is 1.00 bits per heavy atom. The van der Waals surface area contributed by atoms with Crippen molar-refractivity contribution in [3.8, 4) is 0 Å². The van der Waals surface area contributed by atoms with Crippen LogP contribution in [-0.4, -0.2) is 25.9 Å². The van der Waals surface area contributed by atoms with E-state index in [0.717, 1.165) is 11.3 Å². The lowest BCUT2D eigenvalue weighted by molar-refractivity contribution is -0.120. The number of rotatable bonds is 3. The van der Waals surface area contributed by atoms with Crippen LogP contribution >= 0.6 is 0 Å². The lowest BCUT2D eigenvalue weighted by atomic mass is 10.1. The summed E-state index contributed by atoms with van der Waals surface area (Å²) in [4.78, 5) is 28.0. The van der Waals surface area contributed by atoms with Gasteiger partial charge < -0.3 is 4.90 Å². The molecule has 0 spiro atoms. The molecule has 1 fully saturated rings. The number of para-hydroxylation sites is 1. The van der Waals surface area contributed by atoms with Crippen LogP contribution in [-0.2, 0) is 9.59 Å². The molecule has 23 heavy (non-hydrogen) atoms. The summed E-state index contributed by atoms with van der Waals surface area (Å²) in [5, 5.41) is 0. The molecule has 0 atom stereocenters. The van der Waals surface area contributed by atoms with Crippen molar-refractivity contribution in [2.45, 2.75) is 6.42 Å². The molecule has 0 unspecified atom stereocenters. The van der Waals surface area contributed by atoms with Crippen LogP contribution in [0, 0.1) is 0 Å². The molecule has 1 aliphatic heterocycles. The van der Waals surface area contributed by atoms with E-state index in [2.05, 4.69) is 0 Å². The van der Waals surface area contributed by atoms with Gasteiger partial charge in [0.25, 0.3) is 5.91 Å². The summed E-state index contributed by atoms with van der Waals surface area (Å²) in [5.41, 5.74) is 3.11. The van der Waals surface area contributed by atoms with Gasteiger partial charge in [0.2, 0.25) is 5.91 Å². The third kappa shape index (κ3) is 3.01. The lowest BCUT2D eigenvalue weighted by Crippen LogP contribution is -2.28. The van der Waals surface area contributed by atoms with Gasteiger partial charge in [-0.1, -0.05) is 30.3 Å². The van der Waals surface area contributed by atoms with E-state index >= 15 is 0 Å². The van der Waals surface area contributed by atoms with Gasteiger partial charge in [0.1, 0.15) is 0 Å². The SMILES string of the molecule is CN(C)c1cccc(/C=C2\CC(=O)N(c3ccccc3)C2=O)c1. The lowest BCUT2D eigenvalue weighted by Gasteiger charge is -2.13. The van der Waals surface area contributed by atoms with Crippen LogP contribution < -0.4 is 9.80 Å². The molecule has 2 amide bonds. The maximum Gasteiger partial charge on any atom is 0.261 e. The smallest absolute Gasteiger partial charge is 0.261 e. The van der Waals surface area contributed by atoms with Crippen LogP contribution in [0.25, 0.3) is 6.08 Å². The standard InChI is InChI=1S/C19H18N2O2/c1-20(2)17-10-6-7-14(12-17)11-15-13-18(22)21(19(15)23)16-8-4-3-5-9-16/h3-12H,13H2,1-2H3/b15-11+. The highest BCUT2D eigenvalue weighted by molar-refractivity contribution is 6.29. The minimum Gasteiger partial charge on any atom is -0.378 e. The first kappa shape index (κ1) is 15.0. The van der Waals surface area contributed by atoms with Crippen molar-refractivity contribution in [3.05, 3.63) is 65.7 Å². The molecule has 0 aliphatic carbocycles. The Bertz CT molecular complexity index is 779. The molecule has 4 heteroatoms. The van der Waals surface area contributed by atoms with Crippen LogP contribution in [0.4, 0.5) is 11.4 Å². The summed E-state index contributed by atoms with van der Waals surface area (Å²) in [6, 6.07) is 16.9. The zero-order valence-electron chi connectivity index (χ0n) is 13.2. The van der Waals surface area contributed by atoms with Crippen LogP contribution in [0.2, 0.25) is 0 Å². The largest absolute Gasteiger partial charge is 0.378 e. The summed E-state index contributed by atoms with van der Waals surface area (Å²) in [5.74, 6) is -0.423. The van der Waals surface area contributed by atoms with Crippen molar-refractivity contribution in [3.63, 3.8) is 0 Å². The molecular formula is C19H18N2O2. The predicted molar refractivity (Wildman–Crippen MR) is 92.3 cm³/mol. The first-order chi connectivity index (χ1) is 11.1. The van der Waals surface area contributed by atoms with Crippen LogP contribution in [0.5, 0.6) is 0 Å². The molecule has 0 bridgehead atoms. The van der Waals surface area contributed by atoms with Gasteiger partial charge in [-0.3, -0.25) is 9.59 Å². The molecule has 4 nitrogen and oxygen atoms in total. The Hall–Kier alpha value is -2.88. The molecule has 0 aromatic heterocycles. The quantitative estimate of drug-likeness (QED) is 0.646. The third-order valence-electron chi connectivity index (χ3n) is 3.81. The van der Waals surface area contributed by atoms with Crippen molar-refractivity contribution in [1.82, 2.24) is 0 Å². The fourth-order valence-electron chi connectivity index (χ4n) is 2.62. The van der Waals surface area contributed by atoms with Gasteiger partial charge >= 0.3 is 0 Å². The highest BCUT2D eigenvalue weighted by Crippen LogP contribution is 2.27. The average Bonchev–Trinajstić information content (AvgIpc) is 2.82. The first-order valence-corrected chi connectivity index (χ1v) is 7.46. The molecule has 116 valence electrons. The molecule has 2 aromatic rings. The van der Waals surface area contributed by atoms with Gasteiger partial charge in [-0.05, 0) is 35.9 Å². The molecule has 2 aromatic carbocycles. The molecule has 3 rings (SSSR count). The molecule has 1 aliphatic rings. The van der Waals surface area contributed by atoms with E-state index < -0.39 is 0 Å².